The first-order chi connectivity index (χ1) is 45.9. The van der Waals surface area contributed by atoms with Crippen molar-refractivity contribution in [3.8, 4) is 0 Å². The van der Waals surface area contributed by atoms with E-state index in [-0.39, 0.29) is 51.7 Å². The molecule has 0 fully saturated rings. The minimum absolute atomic E-state index is 0.0220. The summed E-state index contributed by atoms with van der Waals surface area (Å²) >= 11 is 0. The van der Waals surface area contributed by atoms with Crippen LogP contribution in [0.2, 0.25) is 0 Å². The molecular formula is C62H95N17O18. The van der Waals surface area contributed by atoms with E-state index in [1.165, 1.54) is 13.8 Å². The van der Waals surface area contributed by atoms with Gasteiger partial charge in [-0.1, -0.05) is 82.6 Å². The summed E-state index contributed by atoms with van der Waals surface area (Å²) in [6.45, 7) is 5.70. The predicted octanol–water partition coefficient (Wildman–Crippen LogP) is -6.55. The molecule has 0 radical (unpaired) electrons. The van der Waals surface area contributed by atoms with Crippen LogP contribution in [0.4, 0.5) is 0 Å². The summed E-state index contributed by atoms with van der Waals surface area (Å²) in [6, 6.07) is -2.67. The Bertz CT molecular complexity index is 3190. The largest absolute Gasteiger partial charge is 0.481 e. The minimum Gasteiger partial charge on any atom is -0.481 e. The maximum Gasteiger partial charge on any atom is 0.325 e. The maximum absolute atomic E-state index is 14.4. The van der Waals surface area contributed by atoms with Gasteiger partial charge in [0.25, 0.3) is 0 Å². The van der Waals surface area contributed by atoms with Crippen molar-refractivity contribution in [2.45, 2.75) is 165 Å². The topological polar surface area (TPSA) is 584 Å². The molecule has 0 bridgehead atoms. The summed E-state index contributed by atoms with van der Waals surface area (Å²) < 4.78 is 0. The quantitative estimate of drug-likeness (QED) is 0.0250. The van der Waals surface area contributed by atoms with E-state index >= 15 is 0 Å². The fraction of sp³-hybridized carbons (Fsp3) is 0.548. The Morgan fingerprint density at radius 3 is 1.38 bits per heavy atom. The number of carbonyl (C=O) groups excluding carboxylic acids is 12. The van der Waals surface area contributed by atoms with Crippen LogP contribution in [0.15, 0.2) is 60.8 Å². The summed E-state index contributed by atoms with van der Waals surface area (Å²) in [4.78, 5) is 191. The number of aromatic nitrogens is 1. The molecule has 1 aromatic heterocycles. The lowest BCUT2D eigenvalue weighted by atomic mass is 9.96. The third-order valence-corrected chi connectivity index (χ3v) is 15.4. The summed E-state index contributed by atoms with van der Waals surface area (Å²) in [6.07, 6.45) is -0.471. The Labute approximate surface area is 559 Å². The van der Waals surface area contributed by atoms with Gasteiger partial charge in [-0.3, -0.25) is 67.1 Å². The van der Waals surface area contributed by atoms with Gasteiger partial charge in [0.1, 0.15) is 66.5 Å². The molecule has 35 nitrogen and oxygen atoms in total. The minimum atomic E-state index is -1.85. The Morgan fingerprint density at radius 2 is 0.887 bits per heavy atom. The Balaban J connectivity index is 1.88. The number of carboxylic acids is 2. The molecule has 3 aromatic rings. The molecule has 1 heterocycles. The molecule has 0 unspecified atom stereocenters. The summed E-state index contributed by atoms with van der Waals surface area (Å²) in [5, 5.41) is 69.6. The molecule has 0 saturated carbocycles. The van der Waals surface area contributed by atoms with Crippen LogP contribution in [-0.2, 0) is 80.0 Å². The number of aliphatic hydroxyl groups excluding tert-OH is 2. The highest BCUT2D eigenvalue weighted by Gasteiger charge is 2.38. The second-order valence-corrected chi connectivity index (χ2v) is 23.5. The SMILES string of the molecule is CC[C@H](C)[C@@H](NC(=O)[C@@H](NC(=O)[C@H](CCC(=O)O)NC(=O)[C@H](Cc1ccccc1)NC(=O)[C@@H](CCN)NC(=O)[C@H](CCN)NC(=O)[C@H](CO)NC(=O)[C@@H](Cc1c[nH]c2ccccc12)NC(=O)[C@@H](CO)NC(=O)CNC(=O)[C@@H](CCN)NC(=O)[C@@H](C)N)C(C)C)C(=O)N[C@@H](C)C(=O)O. The van der Waals surface area contributed by atoms with Crippen LogP contribution < -0.4 is 86.7 Å². The summed E-state index contributed by atoms with van der Waals surface area (Å²) in [5.41, 5.74) is 24.6. The lowest BCUT2D eigenvalue weighted by Crippen LogP contribution is -2.62. The number of carbonyl (C=O) groups is 14. The number of hydrogen-bond acceptors (Lipinski definition) is 20. The highest BCUT2D eigenvalue weighted by molar-refractivity contribution is 6.00. The number of rotatable bonds is 43. The molecule has 13 atom stereocenters. The number of aromatic amines is 1. The lowest BCUT2D eigenvalue weighted by molar-refractivity contribution is -0.142. The molecule has 2 aromatic carbocycles. The normalized spacial score (nSPS) is 15.2. The standard InChI is InChI=1S/C62H95N17O18/c1-7-32(4)50(61(95)69-34(6)62(96)97)79-60(94)49(31(2)3)78-55(89)39(17-18-48(83)84)72-56(90)43(25-35-13-9-8-10-14-35)75-54(88)42(21-24-65)73-53(87)41(20-23-64)74-59(93)46(30-81)77-57(91)44(26-36-27-67-38-16-12-11-15-37(36)38)76-58(92)45(29-80)70-47(82)28-68-52(86)40(19-22-63)71-51(85)33(5)66/h8-16,27,31-34,39-46,49-50,67,80-81H,7,17-26,28-30,63-66H2,1-6H3,(H,68,86)(H,69,95)(H,70,82)(H,71,85)(H,72,90)(H,73,87)(H,74,93)(H,75,88)(H,76,92)(H,77,91)(H,78,89)(H,79,94)(H,83,84)(H,96,97)/t32-,33+,34-,39-,40+,41-,42+,43-,44+,45+,46-,49-,50+/m0/s1. The molecule has 0 aliphatic carbocycles. The molecule has 536 valence electrons. The second-order valence-electron chi connectivity index (χ2n) is 23.5. The molecular weight excluding hydrogens is 1270 g/mol. The molecule has 0 aliphatic rings. The van der Waals surface area contributed by atoms with Crippen LogP contribution in [0.25, 0.3) is 10.9 Å². The van der Waals surface area contributed by atoms with Crippen LogP contribution >= 0.6 is 0 Å². The average molecular weight is 1370 g/mol. The van der Waals surface area contributed by atoms with Gasteiger partial charge in [0.15, 0.2) is 0 Å². The van der Waals surface area contributed by atoms with Crippen molar-refractivity contribution in [3.63, 3.8) is 0 Å². The molecule has 35 heteroatoms. The van der Waals surface area contributed by atoms with Crippen LogP contribution in [0.3, 0.4) is 0 Å². The van der Waals surface area contributed by atoms with Gasteiger partial charge in [-0.2, -0.15) is 0 Å². The molecule has 0 saturated heterocycles. The zero-order valence-corrected chi connectivity index (χ0v) is 55.1. The summed E-state index contributed by atoms with van der Waals surface area (Å²) in [7, 11) is 0. The number of benzene rings is 2. The zero-order chi connectivity index (χ0) is 72.6. The van der Waals surface area contributed by atoms with Crippen molar-refractivity contribution in [1.82, 2.24) is 68.8 Å². The molecule has 3 rings (SSSR count). The Hall–Kier alpha value is -9.68. The molecule has 12 amide bonds. The number of fused-ring (bicyclic) bond motifs is 1. The molecule has 0 spiro atoms. The predicted molar refractivity (Wildman–Crippen MR) is 350 cm³/mol. The van der Waals surface area contributed by atoms with E-state index in [0.717, 1.165) is 0 Å². The number of amides is 12. The van der Waals surface area contributed by atoms with E-state index in [0.29, 0.717) is 28.5 Å². The van der Waals surface area contributed by atoms with Gasteiger partial charge < -0.3 is 112 Å². The van der Waals surface area contributed by atoms with E-state index in [4.69, 9.17) is 22.9 Å². The van der Waals surface area contributed by atoms with Gasteiger partial charge in [-0.25, -0.2) is 0 Å². The monoisotopic (exact) mass is 1370 g/mol. The van der Waals surface area contributed by atoms with Gasteiger partial charge in [-0.15, -0.1) is 0 Å². The molecule has 0 aliphatic heterocycles. The molecule has 97 heavy (non-hydrogen) atoms. The number of H-pyrrole nitrogens is 1. The van der Waals surface area contributed by atoms with Gasteiger partial charge in [-0.05, 0) is 88.2 Å². The van der Waals surface area contributed by atoms with E-state index < -0.39 is 200 Å². The number of nitrogens with two attached hydrogens (primary N) is 4. The fourth-order valence-electron chi connectivity index (χ4n) is 9.59. The summed E-state index contributed by atoms with van der Waals surface area (Å²) in [5.74, 6) is -15.5. The van der Waals surface area contributed by atoms with Crippen molar-refractivity contribution >= 4 is 93.7 Å². The highest BCUT2D eigenvalue weighted by atomic mass is 16.4. The first kappa shape index (κ1) is 81.6. The van der Waals surface area contributed by atoms with Crippen LogP contribution in [0, 0.1) is 11.8 Å². The van der Waals surface area contributed by atoms with E-state index in [2.05, 4.69) is 68.8 Å². The third kappa shape index (κ3) is 26.8. The van der Waals surface area contributed by atoms with Crippen molar-refractivity contribution in [2.24, 2.45) is 34.8 Å². The number of para-hydroxylation sites is 1. The van der Waals surface area contributed by atoms with E-state index in [1.54, 1.807) is 88.5 Å². The van der Waals surface area contributed by atoms with Crippen LogP contribution in [0.5, 0.6) is 0 Å². The van der Waals surface area contributed by atoms with Crippen molar-refractivity contribution in [2.75, 3.05) is 39.4 Å². The smallest absolute Gasteiger partial charge is 0.325 e. The van der Waals surface area contributed by atoms with Gasteiger partial charge in [0.05, 0.1) is 25.8 Å². The highest BCUT2D eigenvalue weighted by Crippen LogP contribution is 2.20. The van der Waals surface area contributed by atoms with Crippen molar-refractivity contribution in [3.05, 3.63) is 71.9 Å². The first-order valence-electron chi connectivity index (χ1n) is 31.7. The third-order valence-electron chi connectivity index (χ3n) is 15.4. The second kappa shape index (κ2) is 41.3. The number of aliphatic carboxylic acids is 2. The van der Waals surface area contributed by atoms with Crippen LogP contribution in [-0.4, -0.2) is 220 Å². The van der Waals surface area contributed by atoms with Crippen LogP contribution in [0.1, 0.15) is 91.2 Å². The van der Waals surface area contributed by atoms with E-state index in [1.807, 2.05) is 0 Å². The maximum atomic E-state index is 14.4. The first-order valence-corrected chi connectivity index (χ1v) is 31.7. The zero-order valence-electron chi connectivity index (χ0n) is 55.1. The van der Waals surface area contributed by atoms with Crippen molar-refractivity contribution < 1.29 is 87.5 Å². The number of hydrogen-bond donors (Lipinski definition) is 21. The fourth-order valence-corrected chi connectivity index (χ4v) is 9.59. The number of nitrogens with one attached hydrogen (secondary N) is 13. The number of carboxylic acid groups (broad SMARTS) is 2. The van der Waals surface area contributed by atoms with Crippen molar-refractivity contribution in [1.29, 1.82) is 0 Å². The van der Waals surface area contributed by atoms with Gasteiger partial charge in [0, 0.05) is 36.4 Å². The average Bonchev–Trinajstić information content (AvgIpc) is 1.54. The van der Waals surface area contributed by atoms with Gasteiger partial charge in [0.2, 0.25) is 70.9 Å². The molecule has 25 N–H and O–H groups in total. The Morgan fingerprint density at radius 1 is 0.464 bits per heavy atom. The Kier molecular flexibility index (Phi) is 34.7. The van der Waals surface area contributed by atoms with Gasteiger partial charge >= 0.3 is 11.9 Å². The number of aliphatic hydroxyl groups is 2. The van der Waals surface area contributed by atoms with E-state index in [9.17, 15) is 87.5 Å². The lowest BCUT2D eigenvalue weighted by Gasteiger charge is -2.30.